The van der Waals surface area contributed by atoms with E-state index in [-0.39, 0.29) is 42.5 Å². The number of nitrogens with zero attached hydrogens (tertiary/aromatic N) is 2. The van der Waals surface area contributed by atoms with Crippen molar-refractivity contribution in [1.29, 1.82) is 0 Å². The number of benzene rings is 1. The molecule has 2 saturated heterocycles. The molecule has 198 valence electrons. The van der Waals surface area contributed by atoms with Gasteiger partial charge < -0.3 is 9.84 Å². The van der Waals surface area contributed by atoms with Crippen LogP contribution in [0.25, 0.3) is 0 Å². The van der Waals surface area contributed by atoms with Gasteiger partial charge in [-0.3, -0.25) is 29.0 Å². The molecule has 0 spiro atoms. The van der Waals surface area contributed by atoms with Gasteiger partial charge in [-0.2, -0.15) is 0 Å². The van der Waals surface area contributed by atoms with E-state index in [0.717, 1.165) is 9.78 Å². The Morgan fingerprint density at radius 2 is 1.87 bits per heavy atom. The summed E-state index contributed by atoms with van der Waals surface area (Å²) in [6, 6.07) is 8.29. The van der Waals surface area contributed by atoms with Gasteiger partial charge in [0.05, 0.1) is 25.5 Å². The lowest BCUT2D eigenvalue weighted by molar-refractivity contribution is -0.141. The van der Waals surface area contributed by atoms with Crippen molar-refractivity contribution in [1.82, 2.24) is 9.80 Å². The lowest BCUT2D eigenvalue weighted by atomic mass is 9.56. The summed E-state index contributed by atoms with van der Waals surface area (Å²) in [4.78, 5) is 53.5. The molecule has 6 rings (SSSR count). The molecule has 0 radical (unpaired) electrons. The minimum absolute atomic E-state index is 0.0902. The maximum Gasteiger partial charge on any atom is 0.253 e. The standard InChI is InChI=1S/C27H24Cl2N2O6S/c1-30-24(35)26(28)11-18-15(21(27(26,29)25(30)36)17-10-13(37-2)5-8-19(17)32)6-7-16-20(18)23(34)31(22(16)33)12-14-4-3-9-38-14/h3-6,8-10,16,18,20-21,32H,7,11-12H2,1-2H3. The van der Waals surface area contributed by atoms with Crippen molar-refractivity contribution in [3.8, 4) is 11.5 Å². The number of amides is 4. The Hall–Kier alpha value is -2.88. The number of fused-ring (bicyclic) bond motifs is 4. The summed E-state index contributed by atoms with van der Waals surface area (Å²) in [5, 5.41) is 12.8. The Bertz CT molecular complexity index is 1430. The lowest BCUT2D eigenvalue weighted by Gasteiger charge is -2.50. The summed E-state index contributed by atoms with van der Waals surface area (Å²) >= 11 is 15.7. The number of likely N-dealkylation sites (tertiary alicyclic amines) is 2. The van der Waals surface area contributed by atoms with E-state index in [0.29, 0.717) is 11.3 Å². The van der Waals surface area contributed by atoms with Crippen LogP contribution in [-0.4, -0.2) is 62.4 Å². The quantitative estimate of drug-likeness (QED) is 0.339. The number of methoxy groups -OCH3 is 1. The highest BCUT2D eigenvalue weighted by Gasteiger charge is 2.76. The van der Waals surface area contributed by atoms with Crippen LogP contribution in [0.4, 0.5) is 0 Å². The Morgan fingerprint density at radius 3 is 2.55 bits per heavy atom. The molecule has 0 bridgehead atoms. The predicted octanol–water partition coefficient (Wildman–Crippen LogP) is 3.65. The molecule has 6 unspecified atom stereocenters. The fourth-order valence-corrected chi connectivity index (χ4v) is 8.46. The number of carbonyl (C=O) groups is 4. The summed E-state index contributed by atoms with van der Waals surface area (Å²) in [5.41, 5.74) is 0.888. The fourth-order valence-electron chi connectivity index (χ4n) is 6.76. The molecule has 6 atom stereocenters. The van der Waals surface area contributed by atoms with Gasteiger partial charge >= 0.3 is 0 Å². The molecule has 4 amide bonds. The SMILES string of the molecule is COc1ccc(O)c(C2C3=CCC4C(=O)N(Cc5cccs5)C(=O)C4C3CC3(Cl)C(=O)N(C)C(=O)C23Cl)c1. The number of allylic oxidation sites excluding steroid dienone is 2. The number of phenolic OH excluding ortho intramolecular Hbond substituents is 1. The van der Waals surface area contributed by atoms with E-state index in [4.69, 9.17) is 27.9 Å². The highest BCUT2D eigenvalue weighted by molar-refractivity contribution is 7.09. The number of rotatable bonds is 4. The largest absolute Gasteiger partial charge is 0.508 e. The van der Waals surface area contributed by atoms with Gasteiger partial charge in [0, 0.05) is 23.4 Å². The second kappa shape index (κ2) is 8.56. The number of phenols is 1. The van der Waals surface area contributed by atoms with Gasteiger partial charge in [-0.25, -0.2) is 0 Å². The van der Waals surface area contributed by atoms with Crippen LogP contribution >= 0.6 is 34.5 Å². The molecule has 1 aromatic carbocycles. The zero-order chi connectivity index (χ0) is 27.1. The Balaban J connectivity index is 1.51. The first kappa shape index (κ1) is 25.4. The number of imide groups is 2. The topological polar surface area (TPSA) is 104 Å². The Kier molecular flexibility index (Phi) is 5.72. The molecule has 8 nitrogen and oxygen atoms in total. The van der Waals surface area contributed by atoms with Crippen LogP contribution < -0.4 is 4.74 Å². The predicted molar refractivity (Wildman–Crippen MR) is 140 cm³/mol. The van der Waals surface area contributed by atoms with Crippen LogP contribution in [0.3, 0.4) is 0 Å². The van der Waals surface area contributed by atoms with Crippen LogP contribution in [0, 0.1) is 17.8 Å². The Labute approximate surface area is 232 Å². The van der Waals surface area contributed by atoms with E-state index in [1.54, 1.807) is 12.1 Å². The molecule has 11 heteroatoms. The average Bonchev–Trinajstić information content (AvgIpc) is 3.54. The van der Waals surface area contributed by atoms with E-state index < -0.39 is 45.2 Å². The Morgan fingerprint density at radius 1 is 1.11 bits per heavy atom. The summed E-state index contributed by atoms with van der Waals surface area (Å²) in [6.07, 6.45) is 2.02. The van der Waals surface area contributed by atoms with Gasteiger partial charge in [-0.05, 0) is 48.4 Å². The van der Waals surface area contributed by atoms with E-state index in [1.165, 1.54) is 36.5 Å². The van der Waals surface area contributed by atoms with Crippen molar-refractivity contribution in [3.63, 3.8) is 0 Å². The minimum Gasteiger partial charge on any atom is -0.508 e. The number of halogens is 2. The molecule has 3 heterocycles. The molecule has 2 aliphatic carbocycles. The third-order valence-corrected chi connectivity index (χ3v) is 10.8. The third-order valence-electron chi connectivity index (χ3n) is 8.55. The van der Waals surface area contributed by atoms with Crippen molar-refractivity contribution in [2.75, 3.05) is 14.2 Å². The normalized spacial score (nSPS) is 34.3. The number of carbonyl (C=O) groups excluding carboxylic acids is 4. The highest BCUT2D eigenvalue weighted by atomic mass is 35.5. The number of aromatic hydroxyl groups is 1. The van der Waals surface area contributed by atoms with Gasteiger partial charge in [0.25, 0.3) is 11.8 Å². The second-order valence-electron chi connectivity index (χ2n) is 10.3. The lowest BCUT2D eigenvalue weighted by Crippen LogP contribution is -2.60. The molecule has 1 N–H and O–H groups in total. The zero-order valence-electron chi connectivity index (χ0n) is 20.5. The first-order chi connectivity index (χ1) is 18.0. The van der Waals surface area contributed by atoms with Crippen molar-refractivity contribution < 1.29 is 29.0 Å². The summed E-state index contributed by atoms with van der Waals surface area (Å²) < 4.78 is 5.37. The van der Waals surface area contributed by atoms with E-state index >= 15 is 0 Å². The first-order valence-corrected chi connectivity index (χ1v) is 13.8. The number of alkyl halides is 2. The highest BCUT2D eigenvalue weighted by Crippen LogP contribution is 2.66. The molecule has 1 aromatic heterocycles. The molecular weight excluding hydrogens is 551 g/mol. The molecule has 1 saturated carbocycles. The number of ether oxygens (including phenoxy) is 1. The van der Waals surface area contributed by atoms with Crippen LogP contribution in [0.1, 0.15) is 29.2 Å². The van der Waals surface area contributed by atoms with Gasteiger partial charge in [0.2, 0.25) is 11.8 Å². The summed E-state index contributed by atoms with van der Waals surface area (Å²) in [7, 11) is 2.79. The number of thiophene rings is 1. The maximum atomic E-state index is 13.8. The van der Waals surface area contributed by atoms with Gasteiger partial charge in [0.1, 0.15) is 11.5 Å². The second-order valence-corrected chi connectivity index (χ2v) is 12.5. The van der Waals surface area contributed by atoms with Crippen LogP contribution in [0.2, 0.25) is 0 Å². The monoisotopic (exact) mass is 574 g/mol. The number of hydrogen-bond acceptors (Lipinski definition) is 7. The van der Waals surface area contributed by atoms with Crippen molar-refractivity contribution in [2.45, 2.75) is 35.1 Å². The third kappa shape index (κ3) is 3.15. The summed E-state index contributed by atoms with van der Waals surface area (Å²) in [5.74, 6) is -4.72. The first-order valence-electron chi connectivity index (χ1n) is 12.2. The van der Waals surface area contributed by atoms with Gasteiger partial charge in [0.15, 0.2) is 9.75 Å². The maximum absolute atomic E-state index is 13.8. The van der Waals surface area contributed by atoms with Crippen molar-refractivity contribution in [2.24, 2.45) is 17.8 Å². The van der Waals surface area contributed by atoms with E-state index in [2.05, 4.69) is 0 Å². The van der Waals surface area contributed by atoms with Crippen molar-refractivity contribution in [3.05, 3.63) is 57.8 Å². The summed E-state index contributed by atoms with van der Waals surface area (Å²) in [6.45, 7) is 0.177. The van der Waals surface area contributed by atoms with Gasteiger partial charge in [-0.15, -0.1) is 34.5 Å². The molecule has 3 fully saturated rings. The van der Waals surface area contributed by atoms with Crippen LogP contribution in [-0.2, 0) is 25.7 Å². The molecule has 38 heavy (non-hydrogen) atoms. The van der Waals surface area contributed by atoms with Crippen molar-refractivity contribution >= 4 is 58.2 Å². The molecular formula is C27H24Cl2N2O6S. The molecule has 2 aliphatic heterocycles. The van der Waals surface area contributed by atoms with E-state index in [9.17, 15) is 24.3 Å². The zero-order valence-corrected chi connectivity index (χ0v) is 22.8. The fraction of sp³-hybridized carbons (Fsp3) is 0.407. The van der Waals surface area contributed by atoms with Gasteiger partial charge in [-0.1, -0.05) is 17.7 Å². The number of hydrogen-bond donors (Lipinski definition) is 1. The smallest absolute Gasteiger partial charge is 0.253 e. The molecule has 2 aromatic rings. The van der Waals surface area contributed by atoms with Crippen LogP contribution in [0.5, 0.6) is 11.5 Å². The van der Waals surface area contributed by atoms with E-state index in [1.807, 2.05) is 23.6 Å². The molecule has 4 aliphatic rings. The van der Waals surface area contributed by atoms with Crippen LogP contribution in [0.15, 0.2) is 47.4 Å². The average molecular weight is 575 g/mol. The minimum atomic E-state index is -1.96.